The molecule has 0 amide bonds. The summed E-state index contributed by atoms with van der Waals surface area (Å²) < 4.78 is 13.6. The van der Waals surface area contributed by atoms with Crippen LogP contribution < -0.4 is 5.32 Å². The summed E-state index contributed by atoms with van der Waals surface area (Å²) in [7, 11) is 0. The third kappa shape index (κ3) is 3.64. The molecule has 2 aromatic carbocycles. The number of aliphatic hydroxyl groups excluding tert-OH is 1. The molecule has 0 aliphatic heterocycles. The fourth-order valence-corrected chi connectivity index (χ4v) is 1.86. The van der Waals surface area contributed by atoms with Gasteiger partial charge >= 0.3 is 0 Å². The molecule has 0 spiro atoms. The summed E-state index contributed by atoms with van der Waals surface area (Å²) in [6, 6.07) is 13.9. The lowest BCUT2D eigenvalue weighted by Gasteiger charge is -2.07. The molecule has 20 heavy (non-hydrogen) atoms. The van der Waals surface area contributed by atoms with Gasteiger partial charge in [-0.25, -0.2) is 4.39 Å². The molecule has 0 fully saturated rings. The Morgan fingerprint density at radius 1 is 1.05 bits per heavy atom. The molecule has 2 aromatic rings. The van der Waals surface area contributed by atoms with Gasteiger partial charge in [-0.15, -0.1) is 0 Å². The summed E-state index contributed by atoms with van der Waals surface area (Å²) in [5.74, 6) is -0.368. The third-order valence-corrected chi connectivity index (χ3v) is 3.03. The number of benzene rings is 2. The molecule has 0 saturated carbocycles. The van der Waals surface area contributed by atoms with E-state index in [1.54, 1.807) is 12.1 Å². The van der Waals surface area contributed by atoms with Crippen molar-refractivity contribution in [1.82, 2.24) is 5.32 Å². The molecule has 0 aromatic heterocycles. The van der Waals surface area contributed by atoms with Crippen LogP contribution in [0.1, 0.15) is 22.3 Å². The van der Waals surface area contributed by atoms with Crippen molar-refractivity contribution in [1.29, 1.82) is 5.26 Å². The smallest absolute Gasteiger partial charge is 0.129 e. The lowest BCUT2D eigenvalue weighted by atomic mass is 10.1. The Morgan fingerprint density at radius 2 is 1.75 bits per heavy atom. The van der Waals surface area contributed by atoms with Gasteiger partial charge in [-0.2, -0.15) is 5.26 Å². The molecule has 0 radical (unpaired) electrons. The van der Waals surface area contributed by atoms with Crippen LogP contribution in [0, 0.1) is 17.1 Å². The minimum absolute atomic E-state index is 0.0319. The highest BCUT2D eigenvalue weighted by atomic mass is 19.1. The first-order valence-corrected chi connectivity index (χ1v) is 6.31. The van der Waals surface area contributed by atoms with Gasteiger partial charge in [-0.1, -0.05) is 30.3 Å². The van der Waals surface area contributed by atoms with Crippen LogP contribution >= 0.6 is 0 Å². The molecule has 0 heterocycles. The van der Waals surface area contributed by atoms with Gasteiger partial charge in [0.1, 0.15) is 5.82 Å². The van der Waals surface area contributed by atoms with Crippen molar-refractivity contribution in [2.45, 2.75) is 19.7 Å². The number of hydrogen-bond donors (Lipinski definition) is 2. The second-order valence-electron chi connectivity index (χ2n) is 4.50. The molecule has 102 valence electrons. The van der Waals surface area contributed by atoms with Crippen molar-refractivity contribution in [2.24, 2.45) is 0 Å². The molecule has 0 aliphatic rings. The molecule has 0 unspecified atom stereocenters. The normalized spacial score (nSPS) is 10.2. The molecule has 2 N–H and O–H groups in total. The predicted octanol–water partition coefficient (Wildman–Crippen LogP) is 2.48. The molecular formula is C16H15FN2O. The van der Waals surface area contributed by atoms with E-state index in [1.165, 1.54) is 6.07 Å². The zero-order valence-corrected chi connectivity index (χ0v) is 10.9. The fourth-order valence-electron chi connectivity index (χ4n) is 1.86. The maximum Gasteiger partial charge on any atom is 0.129 e. The van der Waals surface area contributed by atoms with Crippen molar-refractivity contribution in [3.8, 4) is 6.07 Å². The summed E-state index contributed by atoms with van der Waals surface area (Å²) in [6.07, 6.45) is 0. The second kappa shape index (κ2) is 6.80. The molecule has 0 bridgehead atoms. The van der Waals surface area contributed by atoms with Gasteiger partial charge in [0.2, 0.25) is 0 Å². The van der Waals surface area contributed by atoms with Crippen LogP contribution in [-0.4, -0.2) is 5.11 Å². The van der Waals surface area contributed by atoms with Crippen LogP contribution in [0.3, 0.4) is 0 Å². The van der Waals surface area contributed by atoms with Crippen molar-refractivity contribution < 1.29 is 9.50 Å². The maximum absolute atomic E-state index is 13.6. The summed E-state index contributed by atoms with van der Waals surface area (Å²) in [4.78, 5) is 0. The summed E-state index contributed by atoms with van der Waals surface area (Å²) >= 11 is 0. The molecule has 0 saturated heterocycles. The lowest BCUT2D eigenvalue weighted by molar-refractivity contribution is 0.282. The predicted molar refractivity (Wildman–Crippen MR) is 74.0 cm³/mol. The van der Waals surface area contributed by atoms with Crippen LogP contribution in [0.4, 0.5) is 4.39 Å². The first-order chi connectivity index (χ1) is 9.72. The van der Waals surface area contributed by atoms with E-state index in [1.807, 2.05) is 30.3 Å². The Hall–Kier alpha value is -2.22. The SMILES string of the molecule is N#Cc1ccc(CNCc2ccc(CO)cc2)c(F)c1. The fraction of sp³-hybridized carbons (Fsp3) is 0.188. The Morgan fingerprint density at radius 3 is 2.35 bits per heavy atom. The number of rotatable bonds is 5. The maximum atomic E-state index is 13.6. The highest BCUT2D eigenvalue weighted by Crippen LogP contribution is 2.10. The standard InChI is InChI=1S/C16H15FN2O/c17-16-7-14(8-18)5-6-15(16)10-19-9-12-1-3-13(11-20)4-2-12/h1-7,19-20H,9-11H2. The minimum atomic E-state index is -0.368. The Bertz CT molecular complexity index is 617. The summed E-state index contributed by atoms with van der Waals surface area (Å²) in [5, 5.41) is 20.8. The largest absolute Gasteiger partial charge is 0.392 e. The number of halogens is 1. The highest BCUT2D eigenvalue weighted by molar-refractivity contribution is 5.32. The zero-order chi connectivity index (χ0) is 14.4. The van der Waals surface area contributed by atoms with Crippen molar-refractivity contribution in [2.75, 3.05) is 0 Å². The average molecular weight is 270 g/mol. The Labute approximate surface area is 117 Å². The minimum Gasteiger partial charge on any atom is -0.392 e. The van der Waals surface area contributed by atoms with Gasteiger partial charge in [0, 0.05) is 18.7 Å². The Balaban J connectivity index is 1.91. The first-order valence-electron chi connectivity index (χ1n) is 6.31. The van der Waals surface area contributed by atoms with Gasteiger partial charge in [-0.3, -0.25) is 0 Å². The van der Waals surface area contributed by atoms with Gasteiger partial charge < -0.3 is 10.4 Å². The lowest BCUT2D eigenvalue weighted by Crippen LogP contribution is -2.13. The quantitative estimate of drug-likeness (QED) is 0.877. The van der Waals surface area contributed by atoms with Crippen molar-refractivity contribution >= 4 is 0 Å². The van der Waals surface area contributed by atoms with Crippen LogP contribution in [-0.2, 0) is 19.7 Å². The van der Waals surface area contributed by atoms with E-state index in [0.717, 1.165) is 11.1 Å². The van der Waals surface area contributed by atoms with E-state index >= 15 is 0 Å². The number of aliphatic hydroxyl groups is 1. The van der Waals surface area contributed by atoms with E-state index < -0.39 is 0 Å². The molecule has 0 aliphatic carbocycles. The van der Waals surface area contributed by atoms with E-state index in [-0.39, 0.29) is 12.4 Å². The summed E-state index contributed by atoms with van der Waals surface area (Å²) in [6.45, 7) is 1.05. The molecule has 2 rings (SSSR count). The van der Waals surface area contributed by atoms with E-state index in [0.29, 0.717) is 24.2 Å². The van der Waals surface area contributed by atoms with Gasteiger partial charge in [-0.05, 0) is 23.3 Å². The number of nitrogens with zero attached hydrogens (tertiary/aromatic N) is 1. The van der Waals surface area contributed by atoms with E-state index in [4.69, 9.17) is 10.4 Å². The molecule has 0 atom stereocenters. The van der Waals surface area contributed by atoms with Gasteiger partial charge in [0.25, 0.3) is 0 Å². The van der Waals surface area contributed by atoms with E-state index in [2.05, 4.69) is 5.32 Å². The van der Waals surface area contributed by atoms with Crippen molar-refractivity contribution in [3.05, 3.63) is 70.5 Å². The van der Waals surface area contributed by atoms with Crippen LogP contribution in [0.2, 0.25) is 0 Å². The van der Waals surface area contributed by atoms with Crippen LogP contribution in [0.25, 0.3) is 0 Å². The molecular weight excluding hydrogens is 255 g/mol. The average Bonchev–Trinajstić information content (AvgIpc) is 2.49. The first kappa shape index (κ1) is 14.2. The number of hydrogen-bond acceptors (Lipinski definition) is 3. The number of nitriles is 1. The number of nitrogens with one attached hydrogen (secondary N) is 1. The van der Waals surface area contributed by atoms with Crippen LogP contribution in [0.15, 0.2) is 42.5 Å². The highest BCUT2D eigenvalue weighted by Gasteiger charge is 2.03. The van der Waals surface area contributed by atoms with Crippen LogP contribution in [0.5, 0.6) is 0 Å². The molecule has 3 nitrogen and oxygen atoms in total. The van der Waals surface area contributed by atoms with E-state index in [9.17, 15) is 4.39 Å². The monoisotopic (exact) mass is 270 g/mol. The third-order valence-electron chi connectivity index (χ3n) is 3.03. The molecule has 4 heteroatoms. The van der Waals surface area contributed by atoms with Gasteiger partial charge in [0.05, 0.1) is 18.2 Å². The van der Waals surface area contributed by atoms with Gasteiger partial charge in [0.15, 0.2) is 0 Å². The Kier molecular flexibility index (Phi) is 4.83. The zero-order valence-electron chi connectivity index (χ0n) is 10.9. The second-order valence-corrected chi connectivity index (χ2v) is 4.50. The van der Waals surface area contributed by atoms with Crippen molar-refractivity contribution in [3.63, 3.8) is 0 Å². The summed E-state index contributed by atoms with van der Waals surface area (Å²) in [5.41, 5.74) is 2.80. The topological polar surface area (TPSA) is 56.0 Å².